The predicted molar refractivity (Wildman–Crippen MR) is 116 cm³/mol. The lowest BCUT2D eigenvalue weighted by molar-refractivity contribution is -0.229. The fourth-order valence-corrected chi connectivity index (χ4v) is 4.73. The molecule has 0 amide bonds. The van der Waals surface area contributed by atoms with Crippen molar-refractivity contribution in [3.63, 3.8) is 0 Å². The van der Waals surface area contributed by atoms with Crippen LogP contribution in [0.3, 0.4) is 0 Å². The molecule has 2 aliphatic rings. The van der Waals surface area contributed by atoms with E-state index in [0.29, 0.717) is 17.4 Å². The molecule has 0 radical (unpaired) electrons. The summed E-state index contributed by atoms with van der Waals surface area (Å²) in [4.78, 5) is 0. The number of rotatable bonds is 4. The van der Waals surface area contributed by atoms with Crippen LogP contribution in [0.4, 0.5) is 0 Å². The van der Waals surface area contributed by atoms with Gasteiger partial charge in [-0.2, -0.15) is 5.26 Å². The number of ether oxygens (including phenoxy) is 1. The van der Waals surface area contributed by atoms with Crippen molar-refractivity contribution in [1.82, 2.24) is 4.57 Å². The van der Waals surface area contributed by atoms with Crippen LogP contribution in [0.15, 0.2) is 48.7 Å². The molecule has 31 heavy (non-hydrogen) atoms. The van der Waals surface area contributed by atoms with Gasteiger partial charge in [0.05, 0.1) is 16.6 Å². The third-order valence-electron chi connectivity index (χ3n) is 6.30. The molecule has 0 spiro atoms. The van der Waals surface area contributed by atoms with Crippen molar-refractivity contribution in [2.24, 2.45) is 0 Å². The fraction of sp³-hybridized carbons (Fsp3) is 0.375. The van der Waals surface area contributed by atoms with E-state index >= 15 is 0 Å². The number of aliphatic hydroxyl groups is 3. The second-order valence-electron chi connectivity index (χ2n) is 8.44. The Morgan fingerprint density at radius 3 is 2.45 bits per heavy atom. The average Bonchev–Trinajstić information content (AvgIpc) is 3.56. The lowest BCUT2D eigenvalue weighted by Crippen LogP contribution is -2.54. The van der Waals surface area contributed by atoms with Crippen molar-refractivity contribution in [3.05, 3.63) is 70.4 Å². The Labute approximate surface area is 184 Å². The van der Waals surface area contributed by atoms with Crippen molar-refractivity contribution in [3.8, 4) is 6.07 Å². The number of aromatic nitrogens is 1. The summed E-state index contributed by atoms with van der Waals surface area (Å²) in [6.07, 6.45) is -1.67. The number of halogens is 1. The summed E-state index contributed by atoms with van der Waals surface area (Å²) in [7, 11) is 0. The Morgan fingerprint density at radius 1 is 1.03 bits per heavy atom. The summed E-state index contributed by atoms with van der Waals surface area (Å²) in [5.74, 6) is 0.699. The number of nitrogens with zero attached hydrogens (tertiary/aromatic N) is 2. The van der Waals surface area contributed by atoms with Crippen molar-refractivity contribution >= 4 is 22.5 Å². The zero-order valence-electron chi connectivity index (χ0n) is 16.7. The zero-order chi connectivity index (χ0) is 21.7. The summed E-state index contributed by atoms with van der Waals surface area (Å²) >= 11 is 6.54. The number of fused-ring (bicyclic) bond motifs is 1. The van der Waals surface area contributed by atoms with Gasteiger partial charge in [0, 0.05) is 11.6 Å². The number of hydrogen-bond donors (Lipinski definition) is 3. The van der Waals surface area contributed by atoms with E-state index in [2.05, 4.69) is 24.3 Å². The monoisotopic (exact) mass is 438 g/mol. The maximum absolute atomic E-state index is 10.6. The van der Waals surface area contributed by atoms with Crippen LogP contribution in [0.5, 0.6) is 0 Å². The molecule has 2 heterocycles. The minimum Gasteiger partial charge on any atom is -0.387 e. The molecule has 3 N–H and O–H groups in total. The van der Waals surface area contributed by atoms with Gasteiger partial charge in [0.25, 0.3) is 0 Å². The maximum Gasteiger partial charge on any atom is 0.175 e. The van der Waals surface area contributed by atoms with Crippen LogP contribution in [0.1, 0.15) is 41.7 Å². The van der Waals surface area contributed by atoms with E-state index < -0.39 is 30.6 Å². The molecule has 1 saturated carbocycles. The molecule has 1 aromatic heterocycles. The van der Waals surface area contributed by atoms with Gasteiger partial charge in [-0.15, -0.1) is 0 Å². The van der Waals surface area contributed by atoms with Gasteiger partial charge in [-0.25, -0.2) is 0 Å². The Morgan fingerprint density at radius 2 is 1.77 bits per heavy atom. The van der Waals surface area contributed by atoms with Gasteiger partial charge in [-0.3, -0.25) is 0 Å². The predicted octanol–water partition coefficient (Wildman–Crippen LogP) is 3.27. The standard InChI is InChI=1S/C24H23ClN2O4/c25-17-2-1-3-18-20(17)16(10-13-4-6-14(7-5-13)15-8-9-15)12-27(18)24-23(30)22(29)21(28)19(11-26)31-24/h1-7,12,15,19,21-24,28-30H,8-10H2/t19-,21-,22+,23-,24-/m1/s1. The summed E-state index contributed by atoms with van der Waals surface area (Å²) in [5.41, 5.74) is 4.18. The summed E-state index contributed by atoms with van der Waals surface area (Å²) in [6, 6.07) is 15.9. The molecule has 0 unspecified atom stereocenters. The summed E-state index contributed by atoms with van der Waals surface area (Å²) < 4.78 is 7.37. The summed E-state index contributed by atoms with van der Waals surface area (Å²) in [5, 5.41) is 41.6. The molecule has 1 aliphatic heterocycles. The Bertz CT molecular complexity index is 1150. The van der Waals surface area contributed by atoms with E-state index in [0.717, 1.165) is 22.0 Å². The zero-order valence-corrected chi connectivity index (χ0v) is 17.5. The van der Waals surface area contributed by atoms with E-state index in [1.165, 1.54) is 18.4 Å². The minimum atomic E-state index is -1.50. The summed E-state index contributed by atoms with van der Waals surface area (Å²) in [6.45, 7) is 0. The highest BCUT2D eigenvalue weighted by Crippen LogP contribution is 2.40. The molecule has 2 aromatic carbocycles. The Hall–Kier alpha value is -2.40. The molecule has 1 aliphatic carbocycles. The third-order valence-corrected chi connectivity index (χ3v) is 6.61. The highest BCUT2D eigenvalue weighted by Gasteiger charge is 2.45. The molecule has 3 aromatic rings. The molecule has 5 atom stereocenters. The van der Waals surface area contributed by atoms with Gasteiger partial charge in [0.1, 0.15) is 18.3 Å². The fourth-order valence-electron chi connectivity index (χ4n) is 4.43. The van der Waals surface area contributed by atoms with E-state index in [1.807, 2.05) is 24.4 Å². The molecule has 6 nitrogen and oxygen atoms in total. The normalized spacial score (nSPS) is 28.5. The lowest BCUT2D eigenvalue weighted by Gasteiger charge is -2.38. The first kappa shape index (κ1) is 20.5. The first-order valence-electron chi connectivity index (χ1n) is 10.4. The quantitative estimate of drug-likeness (QED) is 0.580. The number of benzene rings is 2. The van der Waals surface area contributed by atoms with Crippen LogP contribution < -0.4 is 0 Å². The molecule has 2 fully saturated rings. The molecule has 1 saturated heterocycles. The molecule has 160 valence electrons. The van der Waals surface area contributed by atoms with Gasteiger partial charge in [0.15, 0.2) is 12.3 Å². The van der Waals surface area contributed by atoms with Crippen LogP contribution >= 0.6 is 11.6 Å². The topological polar surface area (TPSA) is 98.6 Å². The average molecular weight is 439 g/mol. The first-order valence-corrected chi connectivity index (χ1v) is 10.8. The van der Waals surface area contributed by atoms with Crippen LogP contribution in [0, 0.1) is 11.3 Å². The minimum absolute atomic E-state index is 0.573. The van der Waals surface area contributed by atoms with Crippen LogP contribution in [0.2, 0.25) is 5.02 Å². The van der Waals surface area contributed by atoms with Gasteiger partial charge in [0.2, 0.25) is 0 Å². The van der Waals surface area contributed by atoms with Gasteiger partial charge in [-0.05, 0) is 54.0 Å². The van der Waals surface area contributed by atoms with Gasteiger partial charge < -0.3 is 24.6 Å². The second kappa shape index (κ2) is 7.94. The van der Waals surface area contributed by atoms with E-state index in [9.17, 15) is 20.6 Å². The van der Waals surface area contributed by atoms with Crippen LogP contribution in [-0.2, 0) is 11.2 Å². The SMILES string of the molecule is N#C[C@H]1O[C@@H](n2cc(Cc3ccc(C4CC4)cc3)c3c(Cl)cccc32)[C@H](O)[C@@H](O)[C@@H]1O. The third kappa shape index (κ3) is 3.63. The largest absolute Gasteiger partial charge is 0.387 e. The van der Waals surface area contributed by atoms with Crippen LogP contribution in [0.25, 0.3) is 10.9 Å². The van der Waals surface area contributed by atoms with Crippen LogP contribution in [-0.4, -0.2) is 44.3 Å². The maximum atomic E-state index is 10.6. The molecule has 5 rings (SSSR count). The van der Waals surface area contributed by atoms with E-state index in [1.54, 1.807) is 10.6 Å². The van der Waals surface area contributed by atoms with Gasteiger partial charge >= 0.3 is 0 Å². The molecule has 7 heteroatoms. The second-order valence-corrected chi connectivity index (χ2v) is 8.84. The van der Waals surface area contributed by atoms with E-state index in [-0.39, 0.29) is 0 Å². The number of hydrogen-bond acceptors (Lipinski definition) is 5. The Balaban J connectivity index is 1.54. The number of aliphatic hydroxyl groups excluding tert-OH is 3. The van der Waals surface area contributed by atoms with Crippen molar-refractivity contribution in [2.75, 3.05) is 0 Å². The van der Waals surface area contributed by atoms with Crippen molar-refractivity contribution in [1.29, 1.82) is 5.26 Å². The smallest absolute Gasteiger partial charge is 0.175 e. The van der Waals surface area contributed by atoms with Crippen molar-refractivity contribution < 1.29 is 20.1 Å². The highest BCUT2D eigenvalue weighted by molar-refractivity contribution is 6.35. The number of nitriles is 1. The molecular weight excluding hydrogens is 416 g/mol. The van der Waals surface area contributed by atoms with Gasteiger partial charge in [-0.1, -0.05) is 41.9 Å². The molecule has 0 bridgehead atoms. The van der Waals surface area contributed by atoms with E-state index in [4.69, 9.17) is 16.3 Å². The van der Waals surface area contributed by atoms with Crippen molar-refractivity contribution in [2.45, 2.75) is 55.8 Å². The lowest BCUT2D eigenvalue weighted by atomic mass is 9.98. The molecular formula is C24H23ClN2O4. The highest BCUT2D eigenvalue weighted by atomic mass is 35.5. The first-order chi connectivity index (χ1) is 15.0. The Kier molecular flexibility index (Phi) is 5.25.